The summed E-state index contributed by atoms with van der Waals surface area (Å²) in [4.78, 5) is 27.2. The van der Waals surface area contributed by atoms with Crippen LogP contribution in [-0.4, -0.2) is 63.6 Å². The lowest BCUT2D eigenvalue weighted by Crippen LogP contribution is -2.45. The van der Waals surface area contributed by atoms with Gasteiger partial charge in [-0.1, -0.05) is 12.1 Å². The fourth-order valence-corrected chi connectivity index (χ4v) is 4.45. The molecular weight excluding hydrogens is 334 g/mol. The Bertz CT molecular complexity index is 641. The van der Waals surface area contributed by atoms with Crippen molar-refractivity contribution in [3.63, 3.8) is 0 Å². The second-order valence-corrected chi connectivity index (χ2v) is 7.96. The van der Waals surface area contributed by atoms with Crippen molar-refractivity contribution in [1.29, 1.82) is 0 Å². The van der Waals surface area contributed by atoms with E-state index < -0.39 is 0 Å². The van der Waals surface area contributed by atoms with Gasteiger partial charge in [-0.25, -0.2) is 4.68 Å². The minimum absolute atomic E-state index is 0.0468. The standard InChI is InChI=1S/C18H27N5O3/c1-12-2-4-14(5-3-12)22-9-13(8-17(22)24)18(25)20-15-10-26-11-16(15)23-7-6-19-21-23/h6-7,12-16H,2-5,8-11H2,1H3,(H,20,25)/t12?,13?,14?,15-,16+/m0/s1. The van der Waals surface area contributed by atoms with Crippen molar-refractivity contribution in [2.24, 2.45) is 11.8 Å². The molecule has 8 nitrogen and oxygen atoms in total. The summed E-state index contributed by atoms with van der Waals surface area (Å²) in [7, 11) is 0. The summed E-state index contributed by atoms with van der Waals surface area (Å²) >= 11 is 0. The van der Waals surface area contributed by atoms with Crippen LogP contribution in [-0.2, 0) is 14.3 Å². The van der Waals surface area contributed by atoms with Gasteiger partial charge in [0.05, 0.1) is 37.4 Å². The third kappa shape index (κ3) is 3.47. The van der Waals surface area contributed by atoms with Gasteiger partial charge in [0.25, 0.3) is 0 Å². The molecule has 8 heteroatoms. The number of rotatable bonds is 4. The van der Waals surface area contributed by atoms with Crippen molar-refractivity contribution >= 4 is 11.8 Å². The van der Waals surface area contributed by atoms with Crippen molar-refractivity contribution in [3.05, 3.63) is 12.4 Å². The molecule has 1 saturated carbocycles. The Morgan fingerprint density at radius 2 is 2.08 bits per heavy atom. The number of hydrogen-bond donors (Lipinski definition) is 1. The smallest absolute Gasteiger partial charge is 0.225 e. The van der Waals surface area contributed by atoms with Crippen LogP contribution in [0.15, 0.2) is 12.4 Å². The highest BCUT2D eigenvalue weighted by Gasteiger charge is 2.40. The number of aromatic nitrogens is 3. The van der Waals surface area contributed by atoms with E-state index in [0.717, 1.165) is 18.8 Å². The highest BCUT2D eigenvalue weighted by Crippen LogP contribution is 2.31. The van der Waals surface area contributed by atoms with Gasteiger partial charge in [0.1, 0.15) is 0 Å². The summed E-state index contributed by atoms with van der Waals surface area (Å²) in [5.41, 5.74) is 0. The first-order valence-corrected chi connectivity index (χ1v) is 9.65. The molecule has 0 bridgehead atoms. The third-order valence-electron chi connectivity index (χ3n) is 6.11. The maximum atomic E-state index is 12.8. The molecular formula is C18H27N5O3. The fraction of sp³-hybridized carbons (Fsp3) is 0.778. The second-order valence-electron chi connectivity index (χ2n) is 7.96. The highest BCUT2D eigenvalue weighted by molar-refractivity contribution is 5.89. The number of amides is 2. The summed E-state index contributed by atoms with van der Waals surface area (Å²) in [6.07, 6.45) is 8.19. The number of carbonyl (C=O) groups excluding carboxylic acids is 2. The Balaban J connectivity index is 1.34. The van der Waals surface area contributed by atoms with E-state index in [2.05, 4.69) is 22.6 Å². The molecule has 0 radical (unpaired) electrons. The van der Waals surface area contributed by atoms with Gasteiger partial charge in [0.2, 0.25) is 11.8 Å². The van der Waals surface area contributed by atoms with E-state index in [1.165, 1.54) is 12.8 Å². The molecule has 1 unspecified atom stereocenters. The Hall–Kier alpha value is -1.96. The summed E-state index contributed by atoms with van der Waals surface area (Å²) in [6, 6.07) is 0.132. The minimum Gasteiger partial charge on any atom is -0.377 e. The zero-order valence-electron chi connectivity index (χ0n) is 15.2. The Morgan fingerprint density at radius 3 is 2.81 bits per heavy atom. The SMILES string of the molecule is CC1CCC(N2CC(C(=O)N[C@H]3COC[C@H]3n3ccnn3)CC2=O)CC1. The lowest BCUT2D eigenvalue weighted by atomic mass is 9.87. The van der Waals surface area contributed by atoms with Crippen molar-refractivity contribution in [3.8, 4) is 0 Å². The van der Waals surface area contributed by atoms with Gasteiger partial charge in [-0.2, -0.15) is 0 Å². The van der Waals surface area contributed by atoms with Crippen LogP contribution in [0, 0.1) is 11.8 Å². The van der Waals surface area contributed by atoms with Crippen LogP contribution in [0.1, 0.15) is 45.1 Å². The number of carbonyl (C=O) groups is 2. The highest BCUT2D eigenvalue weighted by atomic mass is 16.5. The number of nitrogens with one attached hydrogen (secondary N) is 1. The molecule has 2 aliphatic heterocycles. The Morgan fingerprint density at radius 1 is 1.27 bits per heavy atom. The number of nitrogens with zero attached hydrogens (tertiary/aromatic N) is 4. The molecule has 26 heavy (non-hydrogen) atoms. The maximum Gasteiger partial charge on any atom is 0.225 e. The lowest BCUT2D eigenvalue weighted by molar-refractivity contribution is -0.131. The molecule has 4 rings (SSSR count). The maximum absolute atomic E-state index is 12.8. The average molecular weight is 361 g/mol. The molecule has 0 aromatic carbocycles. The molecule has 1 aliphatic carbocycles. The molecule has 2 amide bonds. The van der Waals surface area contributed by atoms with Crippen LogP contribution in [0.3, 0.4) is 0 Å². The average Bonchev–Trinajstić information content (AvgIpc) is 3.36. The monoisotopic (exact) mass is 361 g/mol. The van der Waals surface area contributed by atoms with E-state index in [-0.39, 0.29) is 29.8 Å². The lowest BCUT2D eigenvalue weighted by Gasteiger charge is -2.33. The van der Waals surface area contributed by atoms with E-state index in [1.807, 2.05) is 4.90 Å². The third-order valence-corrected chi connectivity index (χ3v) is 6.11. The molecule has 3 heterocycles. The quantitative estimate of drug-likeness (QED) is 0.855. The van der Waals surface area contributed by atoms with Crippen LogP contribution in [0.4, 0.5) is 0 Å². The predicted molar refractivity (Wildman–Crippen MR) is 93.0 cm³/mol. The van der Waals surface area contributed by atoms with E-state index in [4.69, 9.17) is 4.74 Å². The largest absolute Gasteiger partial charge is 0.377 e. The predicted octanol–water partition coefficient (Wildman–Crippen LogP) is 0.761. The van der Waals surface area contributed by atoms with E-state index in [0.29, 0.717) is 32.2 Å². The number of likely N-dealkylation sites (tertiary alicyclic amines) is 1. The molecule has 0 spiro atoms. The minimum atomic E-state index is -0.265. The number of ether oxygens (including phenoxy) is 1. The summed E-state index contributed by atoms with van der Waals surface area (Å²) in [5.74, 6) is 0.559. The van der Waals surface area contributed by atoms with Crippen molar-refractivity contribution in [2.75, 3.05) is 19.8 Å². The van der Waals surface area contributed by atoms with Crippen LogP contribution >= 0.6 is 0 Å². The fourth-order valence-electron chi connectivity index (χ4n) is 4.45. The van der Waals surface area contributed by atoms with Gasteiger partial charge in [-0.3, -0.25) is 9.59 Å². The summed E-state index contributed by atoms with van der Waals surface area (Å²) < 4.78 is 7.25. The molecule has 142 valence electrons. The van der Waals surface area contributed by atoms with Gasteiger partial charge >= 0.3 is 0 Å². The van der Waals surface area contributed by atoms with E-state index >= 15 is 0 Å². The van der Waals surface area contributed by atoms with Crippen LogP contribution in [0.2, 0.25) is 0 Å². The van der Waals surface area contributed by atoms with Gasteiger partial charge in [-0.15, -0.1) is 5.10 Å². The first kappa shape index (κ1) is 17.5. The molecule has 3 atom stereocenters. The van der Waals surface area contributed by atoms with Gasteiger partial charge < -0.3 is 15.0 Å². The van der Waals surface area contributed by atoms with Crippen molar-refractivity contribution in [2.45, 2.75) is 57.2 Å². The molecule has 1 N–H and O–H groups in total. The molecule has 1 aromatic rings. The second kappa shape index (κ2) is 7.34. The first-order valence-electron chi connectivity index (χ1n) is 9.65. The normalized spacial score (nSPS) is 35.0. The Labute approximate surface area is 153 Å². The topological polar surface area (TPSA) is 89.3 Å². The molecule has 3 fully saturated rings. The molecule has 3 aliphatic rings. The van der Waals surface area contributed by atoms with Gasteiger partial charge in [0.15, 0.2) is 0 Å². The van der Waals surface area contributed by atoms with E-state index in [9.17, 15) is 9.59 Å². The summed E-state index contributed by atoms with van der Waals surface area (Å²) in [6.45, 7) is 3.78. The van der Waals surface area contributed by atoms with Crippen LogP contribution < -0.4 is 5.32 Å². The van der Waals surface area contributed by atoms with E-state index in [1.54, 1.807) is 17.1 Å². The van der Waals surface area contributed by atoms with Crippen molar-refractivity contribution < 1.29 is 14.3 Å². The van der Waals surface area contributed by atoms with Crippen molar-refractivity contribution in [1.82, 2.24) is 25.2 Å². The van der Waals surface area contributed by atoms with Gasteiger partial charge in [-0.05, 0) is 31.6 Å². The molecule has 2 saturated heterocycles. The molecule has 1 aromatic heterocycles. The van der Waals surface area contributed by atoms with Crippen LogP contribution in [0.25, 0.3) is 0 Å². The van der Waals surface area contributed by atoms with Gasteiger partial charge in [0, 0.05) is 25.2 Å². The zero-order chi connectivity index (χ0) is 18.1. The van der Waals surface area contributed by atoms with Crippen LogP contribution in [0.5, 0.6) is 0 Å². The first-order chi connectivity index (χ1) is 12.6. The number of hydrogen-bond acceptors (Lipinski definition) is 5. The summed E-state index contributed by atoms with van der Waals surface area (Å²) in [5, 5.41) is 10.9. The zero-order valence-corrected chi connectivity index (χ0v) is 15.2. The Kier molecular flexibility index (Phi) is 4.93.